The number of hydrogen-bond donors (Lipinski definition) is 1. The molecule has 0 spiro atoms. The molecule has 0 saturated carbocycles. The molecule has 1 fully saturated rings. The first-order valence-electron chi connectivity index (χ1n) is 10.9. The Morgan fingerprint density at radius 1 is 1.15 bits per heavy atom. The average molecular weight is 509 g/mol. The van der Waals surface area contributed by atoms with Crippen LogP contribution in [0.2, 0.25) is 5.02 Å². The Bertz CT molecular complexity index is 1230. The summed E-state index contributed by atoms with van der Waals surface area (Å²) in [4.78, 5) is 40.7. The highest BCUT2D eigenvalue weighted by Crippen LogP contribution is 2.29. The number of likely N-dealkylation sites (tertiary alicyclic amines) is 1. The number of likely N-dealkylation sites (N-methyl/N-ethyl adjacent to an activating group) is 1. The molecule has 34 heavy (non-hydrogen) atoms. The van der Waals surface area contributed by atoms with Crippen LogP contribution in [-0.2, 0) is 24.4 Å². The smallest absolute Gasteiger partial charge is 0.245 e. The summed E-state index contributed by atoms with van der Waals surface area (Å²) < 4.78 is 28.0. The number of halogens is 1. The van der Waals surface area contributed by atoms with E-state index in [1.165, 1.54) is 21.9 Å². The Hall–Kier alpha value is -2.69. The molecule has 184 valence electrons. The van der Waals surface area contributed by atoms with Crippen LogP contribution in [0.5, 0.6) is 0 Å². The highest BCUT2D eigenvalue weighted by Gasteiger charge is 2.45. The molecule has 1 heterocycles. The monoisotopic (exact) mass is 508 g/mol. The van der Waals surface area contributed by atoms with Crippen LogP contribution in [0.4, 0.5) is 0 Å². The molecule has 11 heteroatoms. The second-order valence-corrected chi connectivity index (χ2v) is 11.1. The minimum absolute atomic E-state index is 0.0574. The number of hydrogen-bond acceptors (Lipinski definition) is 5. The van der Waals surface area contributed by atoms with Crippen molar-refractivity contribution in [3.63, 3.8) is 0 Å². The largest absolute Gasteiger partial charge is 0.369 e. The van der Waals surface area contributed by atoms with Gasteiger partial charge in [-0.25, -0.2) is 8.42 Å². The minimum Gasteiger partial charge on any atom is -0.369 e. The molecule has 9 nitrogen and oxygen atoms in total. The number of nitrogens with two attached hydrogens (primary N) is 1. The van der Waals surface area contributed by atoms with Gasteiger partial charge in [-0.3, -0.25) is 14.4 Å². The van der Waals surface area contributed by atoms with Gasteiger partial charge in [-0.2, -0.15) is 4.31 Å². The zero-order valence-electron chi connectivity index (χ0n) is 19.6. The summed E-state index contributed by atoms with van der Waals surface area (Å²) in [7, 11) is -2.61. The number of fused-ring (bicyclic) bond motifs is 1. The highest BCUT2D eigenvalue weighted by atomic mass is 35.5. The van der Waals surface area contributed by atoms with Gasteiger partial charge < -0.3 is 15.5 Å². The van der Waals surface area contributed by atoms with Gasteiger partial charge in [0.05, 0.1) is 11.4 Å². The molecule has 3 rings (SSSR count). The molecule has 0 radical (unpaired) electrons. The number of carbonyl (C=O) groups is 3. The van der Waals surface area contributed by atoms with Gasteiger partial charge in [-0.1, -0.05) is 23.7 Å². The number of sulfonamides is 1. The predicted octanol–water partition coefficient (Wildman–Crippen LogP) is 1.83. The maximum absolute atomic E-state index is 13.6. The van der Waals surface area contributed by atoms with Crippen molar-refractivity contribution in [1.29, 1.82) is 0 Å². The summed E-state index contributed by atoms with van der Waals surface area (Å²) in [6, 6.07) is 7.56. The molecule has 0 aromatic heterocycles. The molecule has 1 aliphatic heterocycles. The van der Waals surface area contributed by atoms with Crippen molar-refractivity contribution < 1.29 is 22.8 Å². The summed E-state index contributed by atoms with van der Waals surface area (Å²) in [5, 5.41) is 1.90. The molecular weight excluding hydrogens is 480 g/mol. The van der Waals surface area contributed by atoms with Crippen molar-refractivity contribution in [1.82, 2.24) is 14.1 Å². The Kier molecular flexibility index (Phi) is 7.54. The van der Waals surface area contributed by atoms with Crippen LogP contribution < -0.4 is 5.73 Å². The Labute approximate surface area is 204 Å². The van der Waals surface area contributed by atoms with Gasteiger partial charge in [0.15, 0.2) is 0 Å². The van der Waals surface area contributed by atoms with E-state index in [-0.39, 0.29) is 29.8 Å². The second-order valence-electron chi connectivity index (χ2n) is 8.72. The van der Waals surface area contributed by atoms with Crippen LogP contribution in [0.15, 0.2) is 41.3 Å². The molecule has 1 aliphatic rings. The lowest BCUT2D eigenvalue weighted by Gasteiger charge is -2.31. The van der Waals surface area contributed by atoms with Crippen molar-refractivity contribution >= 4 is 50.1 Å². The molecule has 2 aromatic carbocycles. The molecule has 2 atom stereocenters. The van der Waals surface area contributed by atoms with E-state index in [9.17, 15) is 22.8 Å². The lowest BCUT2D eigenvalue weighted by molar-refractivity contribution is -0.144. The van der Waals surface area contributed by atoms with Crippen LogP contribution in [-0.4, -0.2) is 78.5 Å². The summed E-state index contributed by atoms with van der Waals surface area (Å²) >= 11 is 6.01. The zero-order valence-corrected chi connectivity index (χ0v) is 21.1. The van der Waals surface area contributed by atoms with E-state index >= 15 is 0 Å². The molecule has 0 unspecified atom stereocenters. The third kappa shape index (κ3) is 5.03. The Morgan fingerprint density at radius 3 is 2.38 bits per heavy atom. The van der Waals surface area contributed by atoms with Crippen molar-refractivity contribution in [2.24, 2.45) is 5.73 Å². The molecule has 2 aromatic rings. The first-order chi connectivity index (χ1) is 15.8. The van der Waals surface area contributed by atoms with Crippen LogP contribution in [0.25, 0.3) is 10.8 Å². The van der Waals surface area contributed by atoms with Gasteiger partial charge in [0.25, 0.3) is 0 Å². The van der Waals surface area contributed by atoms with Gasteiger partial charge in [0.1, 0.15) is 12.1 Å². The normalized spacial score (nSPS) is 17.6. The number of rotatable bonds is 8. The zero-order chi connectivity index (χ0) is 25.4. The first-order valence-corrected chi connectivity index (χ1v) is 12.7. The summed E-state index contributed by atoms with van der Waals surface area (Å²) in [6.07, 6.45) is 0.136. The molecule has 0 bridgehead atoms. The standard InChI is InChI=1S/C23H29ClN4O5S/c1-14(2)26(4)22(30)15(3)27-10-9-20(23(27)31)28(13-21(25)29)34(32,33)19-8-6-16-11-18(24)7-5-17(16)12-19/h5-8,11-12,14-15,20H,9-10,13H2,1-4H3,(H2,25,29)/t15-,20-/m0/s1. The summed E-state index contributed by atoms with van der Waals surface area (Å²) in [5.41, 5.74) is 5.36. The number of carbonyl (C=O) groups excluding carboxylic acids is 3. The number of amides is 3. The van der Waals surface area contributed by atoms with Crippen LogP contribution in [0.3, 0.4) is 0 Å². The van der Waals surface area contributed by atoms with E-state index < -0.39 is 40.5 Å². The Balaban J connectivity index is 1.94. The maximum atomic E-state index is 13.6. The third-order valence-corrected chi connectivity index (χ3v) is 8.28. The fourth-order valence-corrected chi connectivity index (χ4v) is 5.82. The lowest BCUT2D eigenvalue weighted by Crippen LogP contribution is -2.52. The number of benzene rings is 2. The fourth-order valence-electron chi connectivity index (χ4n) is 4.03. The van der Waals surface area contributed by atoms with Gasteiger partial charge in [-0.05, 0) is 62.2 Å². The van der Waals surface area contributed by atoms with Crippen molar-refractivity contribution in [2.75, 3.05) is 20.1 Å². The SMILES string of the molecule is CC(C)N(C)C(=O)[C@H](C)N1CC[C@H](N(CC(N)=O)S(=O)(=O)c2ccc3cc(Cl)ccc3c2)C1=O. The van der Waals surface area contributed by atoms with E-state index in [1.54, 1.807) is 38.2 Å². The first kappa shape index (κ1) is 25.9. The van der Waals surface area contributed by atoms with Crippen molar-refractivity contribution in [3.05, 3.63) is 41.4 Å². The number of primary amides is 1. The number of nitrogens with zero attached hydrogens (tertiary/aromatic N) is 3. The van der Waals surface area contributed by atoms with Crippen LogP contribution in [0.1, 0.15) is 27.2 Å². The second kappa shape index (κ2) is 9.89. The topological polar surface area (TPSA) is 121 Å². The van der Waals surface area contributed by atoms with Gasteiger partial charge >= 0.3 is 0 Å². The van der Waals surface area contributed by atoms with Crippen molar-refractivity contribution in [3.8, 4) is 0 Å². The minimum atomic E-state index is -4.26. The van der Waals surface area contributed by atoms with E-state index in [2.05, 4.69) is 0 Å². The van der Waals surface area contributed by atoms with E-state index in [4.69, 9.17) is 17.3 Å². The quantitative estimate of drug-likeness (QED) is 0.583. The van der Waals surface area contributed by atoms with Crippen LogP contribution >= 0.6 is 11.6 Å². The molecule has 1 saturated heterocycles. The molecule has 2 N–H and O–H groups in total. The van der Waals surface area contributed by atoms with Gasteiger partial charge in [0.2, 0.25) is 27.7 Å². The summed E-state index contributed by atoms with van der Waals surface area (Å²) in [6.45, 7) is 4.86. The summed E-state index contributed by atoms with van der Waals surface area (Å²) in [5.74, 6) is -1.66. The third-order valence-electron chi connectivity index (χ3n) is 6.20. The van der Waals surface area contributed by atoms with Gasteiger partial charge in [0, 0.05) is 24.7 Å². The van der Waals surface area contributed by atoms with E-state index in [0.29, 0.717) is 10.4 Å². The lowest BCUT2D eigenvalue weighted by atomic mass is 10.1. The van der Waals surface area contributed by atoms with E-state index in [0.717, 1.165) is 9.69 Å². The Morgan fingerprint density at radius 2 is 1.76 bits per heavy atom. The van der Waals surface area contributed by atoms with E-state index in [1.807, 2.05) is 13.8 Å². The molecular formula is C23H29ClN4O5S. The van der Waals surface area contributed by atoms with Crippen molar-refractivity contribution in [2.45, 2.75) is 50.2 Å². The highest BCUT2D eigenvalue weighted by molar-refractivity contribution is 7.89. The predicted molar refractivity (Wildman–Crippen MR) is 130 cm³/mol. The molecule has 3 amide bonds. The average Bonchev–Trinajstić information content (AvgIpc) is 3.15. The fraction of sp³-hybridized carbons (Fsp3) is 0.435. The maximum Gasteiger partial charge on any atom is 0.245 e. The van der Waals surface area contributed by atoms with Crippen LogP contribution in [0, 0.1) is 0 Å². The van der Waals surface area contributed by atoms with Gasteiger partial charge in [-0.15, -0.1) is 0 Å². The molecule has 0 aliphatic carbocycles.